The molecule has 0 saturated carbocycles. The average Bonchev–Trinajstić information content (AvgIpc) is 3.18. The van der Waals surface area contributed by atoms with Crippen molar-refractivity contribution >= 4 is 23.0 Å². The Kier molecular flexibility index (Phi) is 5.95. The summed E-state index contributed by atoms with van der Waals surface area (Å²) >= 11 is 0. The second-order valence-electron chi connectivity index (χ2n) is 8.39. The Morgan fingerprint density at radius 1 is 0.882 bits per heavy atom. The van der Waals surface area contributed by atoms with Gasteiger partial charge in [0.1, 0.15) is 12.6 Å². The Bertz CT molecular complexity index is 1320. The lowest BCUT2D eigenvalue weighted by molar-refractivity contribution is -0.139. The van der Waals surface area contributed by atoms with Crippen LogP contribution in [0.25, 0.3) is 22.0 Å². The number of ether oxygens (including phenoxy) is 1. The van der Waals surface area contributed by atoms with Gasteiger partial charge in [-0.3, -0.25) is 4.98 Å². The zero-order valence-electron chi connectivity index (χ0n) is 18.5. The number of carboxylic acid groups (broad SMARTS) is 1. The number of nitrogens with one attached hydrogen (secondary N) is 1. The van der Waals surface area contributed by atoms with E-state index < -0.39 is 18.1 Å². The van der Waals surface area contributed by atoms with Crippen molar-refractivity contribution in [2.24, 2.45) is 0 Å². The van der Waals surface area contributed by atoms with Crippen molar-refractivity contribution in [1.82, 2.24) is 10.3 Å². The van der Waals surface area contributed by atoms with Crippen LogP contribution < -0.4 is 5.32 Å². The molecule has 170 valence electrons. The minimum atomic E-state index is -1.10. The van der Waals surface area contributed by atoms with Crippen LogP contribution >= 0.6 is 0 Å². The molecule has 0 bridgehead atoms. The quantitative estimate of drug-likeness (QED) is 0.404. The second kappa shape index (κ2) is 9.35. The molecular weight excluding hydrogens is 428 g/mol. The van der Waals surface area contributed by atoms with Gasteiger partial charge in [0.25, 0.3) is 0 Å². The number of hydrogen-bond acceptors (Lipinski definition) is 4. The lowest BCUT2D eigenvalue weighted by Crippen LogP contribution is -2.41. The van der Waals surface area contributed by atoms with Crippen LogP contribution in [-0.2, 0) is 16.0 Å². The van der Waals surface area contributed by atoms with E-state index in [2.05, 4.69) is 22.4 Å². The van der Waals surface area contributed by atoms with Crippen molar-refractivity contribution in [3.63, 3.8) is 0 Å². The van der Waals surface area contributed by atoms with Crippen LogP contribution in [0.3, 0.4) is 0 Å². The standard InChI is InChI=1S/C28H24N2O4/c31-27(32)26(16-15-19-14-13-18-7-1-6-12-25(18)29-19)30-28(33)34-17-24-22-10-4-2-8-20(22)21-9-3-5-11-23(21)24/h1-14,24,26H,15-17H2,(H,30,33)(H,31,32). The van der Waals surface area contributed by atoms with Gasteiger partial charge in [-0.15, -0.1) is 0 Å². The molecule has 6 nitrogen and oxygen atoms in total. The predicted octanol–water partition coefficient (Wildman–Crippen LogP) is 5.16. The number of para-hydroxylation sites is 1. The van der Waals surface area contributed by atoms with E-state index in [1.165, 1.54) is 0 Å². The van der Waals surface area contributed by atoms with Crippen molar-refractivity contribution in [3.05, 3.63) is 102 Å². The van der Waals surface area contributed by atoms with Gasteiger partial charge in [0.2, 0.25) is 0 Å². The maximum Gasteiger partial charge on any atom is 0.407 e. The Balaban J connectivity index is 1.22. The fourth-order valence-corrected chi connectivity index (χ4v) is 4.58. The number of rotatable bonds is 7. The summed E-state index contributed by atoms with van der Waals surface area (Å²) in [7, 11) is 0. The van der Waals surface area contributed by atoms with Gasteiger partial charge >= 0.3 is 12.1 Å². The number of carbonyl (C=O) groups excluding carboxylic acids is 1. The highest BCUT2D eigenvalue weighted by molar-refractivity contribution is 5.81. The van der Waals surface area contributed by atoms with Gasteiger partial charge in [-0.1, -0.05) is 72.8 Å². The normalized spacial score (nSPS) is 13.2. The van der Waals surface area contributed by atoms with E-state index in [0.717, 1.165) is 38.9 Å². The molecule has 1 aliphatic carbocycles. The fraction of sp³-hybridized carbons (Fsp3) is 0.179. The molecule has 34 heavy (non-hydrogen) atoms. The maximum absolute atomic E-state index is 12.5. The Morgan fingerprint density at radius 3 is 2.24 bits per heavy atom. The molecule has 4 aromatic rings. The first kappa shape index (κ1) is 21.6. The smallest absolute Gasteiger partial charge is 0.407 e. The lowest BCUT2D eigenvalue weighted by atomic mass is 9.98. The van der Waals surface area contributed by atoms with Crippen molar-refractivity contribution < 1.29 is 19.4 Å². The molecule has 0 radical (unpaired) electrons. The first-order chi connectivity index (χ1) is 16.6. The van der Waals surface area contributed by atoms with E-state index in [1.807, 2.05) is 72.8 Å². The molecule has 1 aromatic heterocycles. The summed E-state index contributed by atoms with van der Waals surface area (Å²) < 4.78 is 5.50. The molecule has 1 atom stereocenters. The number of carbonyl (C=O) groups is 2. The van der Waals surface area contributed by atoms with E-state index in [9.17, 15) is 14.7 Å². The third kappa shape index (κ3) is 4.35. The van der Waals surface area contributed by atoms with E-state index in [4.69, 9.17) is 4.74 Å². The molecule has 2 N–H and O–H groups in total. The number of pyridine rings is 1. The van der Waals surface area contributed by atoms with Crippen LogP contribution in [0.15, 0.2) is 84.9 Å². The maximum atomic E-state index is 12.5. The summed E-state index contributed by atoms with van der Waals surface area (Å²) in [4.78, 5) is 28.9. The number of benzene rings is 3. The molecule has 0 spiro atoms. The summed E-state index contributed by atoms with van der Waals surface area (Å²) in [5.74, 6) is -1.18. The largest absolute Gasteiger partial charge is 0.480 e. The van der Waals surface area contributed by atoms with Crippen molar-refractivity contribution in [2.75, 3.05) is 6.61 Å². The number of aliphatic carboxylic acids is 1. The van der Waals surface area contributed by atoms with Gasteiger partial charge in [0.05, 0.1) is 5.52 Å². The van der Waals surface area contributed by atoms with Crippen LogP contribution in [-0.4, -0.2) is 34.8 Å². The first-order valence-corrected chi connectivity index (χ1v) is 11.3. The number of hydrogen-bond donors (Lipinski definition) is 2. The van der Waals surface area contributed by atoms with Gasteiger partial charge in [-0.2, -0.15) is 0 Å². The highest BCUT2D eigenvalue weighted by Crippen LogP contribution is 2.44. The SMILES string of the molecule is O=C(NC(CCc1ccc2ccccc2n1)C(=O)O)OCC1c2ccccc2-c2ccccc21. The summed E-state index contributed by atoms with van der Waals surface area (Å²) in [6.45, 7) is 0.137. The third-order valence-electron chi connectivity index (χ3n) is 6.28. The Morgan fingerprint density at radius 2 is 1.53 bits per heavy atom. The van der Waals surface area contributed by atoms with Crippen LogP contribution in [0, 0.1) is 0 Å². The summed E-state index contributed by atoms with van der Waals surface area (Å²) in [5.41, 5.74) is 6.12. The lowest BCUT2D eigenvalue weighted by Gasteiger charge is -2.17. The molecule has 0 saturated heterocycles. The number of amides is 1. The highest BCUT2D eigenvalue weighted by Gasteiger charge is 2.29. The molecule has 6 heteroatoms. The zero-order chi connectivity index (χ0) is 23.5. The zero-order valence-corrected chi connectivity index (χ0v) is 18.5. The van der Waals surface area contributed by atoms with E-state index in [-0.39, 0.29) is 18.9 Å². The van der Waals surface area contributed by atoms with Crippen LogP contribution in [0.1, 0.15) is 29.2 Å². The van der Waals surface area contributed by atoms with Crippen molar-refractivity contribution in [2.45, 2.75) is 24.8 Å². The number of nitrogens with zero attached hydrogens (tertiary/aromatic N) is 1. The van der Waals surface area contributed by atoms with Gasteiger partial charge in [0.15, 0.2) is 0 Å². The molecule has 3 aromatic carbocycles. The number of aromatic nitrogens is 1. The van der Waals surface area contributed by atoms with Crippen molar-refractivity contribution in [1.29, 1.82) is 0 Å². The summed E-state index contributed by atoms with van der Waals surface area (Å²) in [6, 6.07) is 26.7. The molecule has 1 amide bonds. The molecule has 0 aliphatic heterocycles. The number of fused-ring (bicyclic) bond motifs is 4. The predicted molar refractivity (Wildman–Crippen MR) is 130 cm³/mol. The van der Waals surface area contributed by atoms with Crippen molar-refractivity contribution in [3.8, 4) is 11.1 Å². The minimum Gasteiger partial charge on any atom is -0.480 e. The number of aryl methyl sites for hydroxylation is 1. The molecule has 5 rings (SSSR count). The minimum absolute atomic E-state index is 0.0803. The second-order valence-corrected chi connectivity index (χ2v) is 8.39. The number of carboxylic acids is 1. The number of alkyl carbamates (subject to hydrolysis) is 1. The van der Waals surface area contributed by atoms with Crippen LogP contribution in [0.2, 0.25) is 0 Å². The Labute approximate surface area is 197 Å². The van der Waals surface area contributed by atoms with Gasteiger partial charge in [-0.05, 0) is 47.2 Å². The van der Waals surface area contributed by atoms with Crippen LogP contribution in [0.5, 0.6) is 0 Å². The molecular formula is C28H24N2O4. The van der Waals surface area contributed by atoms with Gasteiger partial charge < -0.3 is 15.2 Å². The summed E-state index contributed by atoms with van der Waals surface area (Å²) in [5, 5.41) is 13.2. The van der Waals surface area contributed by atoms with Gasteiger partial charge in [-0.25, -0.2) is 9.59 Å². The summed E-state index contributed by atoms with van der Waals surface area (Å²) in [6.07, 6.45) is -0.100. The molecule has 1 unspecified atom stereocenters. The van der Waals surface area contributed by atoms with Crippen LogP contribution in [0.4, 0.5) is 4.79 Å². The van der Waals surface area contributed by atoms with Gasteiger partial charge in [0, 0.05) is 17.0 Å². The first-order valence-electron chi connectivity index (χ1n) is 11.3. The van der Waals surface area contributed by atoms with E-state index in [0.29, 0.717) is 6.42 Å². The Hall–Kier alpha value is -4.19. The molecule has 1 heterocycles. The molecule has 1 aliphatic rings. The fourth-order valence-electron chi connectivity index (χ4n) is 4.58. The molecule has 0 fully saturated rings. The third-order valence-corrected chi connectivity index (χ3v) is 6.28. The topological polar surface area (TPSA) is 88.5 Å². The highest BCUT2D eigenvalue weighted by atomic mass is 16.5. The van der Waals surface area contributed by atoms with E-state index >= 15 is 0 Å². The van der Waals surface area contributed by atoms with E-state index in [1.54, 1.807) is 0 Å². The average molecular weight is 453 g/mol. The monoisotopic (exact) mass is 452 g/mol.